The molecule has 2 aromatic rings. The molecule has 0 unspecified atom stereocenters. The van der Waals surface area contributed by atoms with Gasteiger partial charge in [-0.3, -0.25) is 4.79 Å². The van der Waals surface area contributed by atoms with Crippen LogP contribution in [0.25, 0.3) is 0 Å². The number of halogens is 2. The molecule has 1 aromatic carbocycles. The van der Waals surface area contributed by atoms with E-state index >= 15 is 0 Å². The van der Waals surface area contributed by atoms with Gasteiger partial charge in [0.25, 0.3) is 0 Å². The minimum atomic E-state index is -0.140. The van der Waals surface area contributed by atoms with Crippen molar-refractivity contribution in [1.82, 2.24) is 4.98 Å². The van der Waals surface area contributed by atoms with Gasteiger partial charge in [-0.15, -0.1) is 0 Å². The van der Waals surface area contributed by atoms with E-state index in [1.807, 2.05) is 31.2 Å². The number of nitrogens with one attached hydrogen (secondary N) is 1. The number of ether oxygens (including phenoxy) is 1. The maximum absolute atomic E-state index is 11.8. The minimum Gasteiger partial charge on any atom is -0.493 e. The fraction of sp³-hybridized carbons (Fsp3) is 0.200. The Labute approximate surface area is 136 Å². The smallest absolute Gasteiger partial charge is 0.227 e. The second kappa shape index (κ2) is 7.43. The van der Waals surface area contributed by atoms with E-state index in [2.05, 4.69) is 26.2 Å². The third-order valence-corrected chi connectivity index (χ3v) is 3.80. The number of amides is 1. The third kappa shape index (κ3) is 5.02. The number of anilines is 1. The molecule has 0 aliphatic carbocycles. The summed E-state index contributed by atoms with van der Waals surface area (Å²) >= 11 is 9.05. The van der Waals surface area contributed by atoms with Crippen LogP contribution >= 0.6 is 27.5 Å². The quantitative estimate of drug-likeness (QED) is 0.803. The SMILES string of the molecule is Cc1cccc(OCCC(=O)Nc2cnc(Cl)c(Br)c2)c1. The molecule has 0 saturated heterocycles. The van der Waals surface area contributed by atoms with E-state index in [4.69, 9.17) is 16.3 Å². The van der Waals surface area contributed by atoms with E-state index in [-0.39, 0.29) is 12.3 Å². The van der Waals surface area contributed by atoms with Crippen molar-refractivity contribution in [2.75, 3.05) is 11.9 Å². The molecule has 0 atom stereocenters. The van der Waals surface area contributed by atoms with E-state index in [1.54, 1.807) is 6.07 Å². The molecule has 4 nitrogen and oxygen atoms in total. The lowest BCUT2D eigenvalue weighted by atomic mass is 10.2. The first-order chi connectivity index (χ1) is 10.0. The monoisotopic (exact) mass is 368 g/mol. The van der Waals surface area contributed by atoms with Crippen LogP contribution in [0, 0.1) is 6.92 Å². The van der Waals surface area contributed by atoms with Crippen LogP contribution in [0.5, 0.6) is 5.75 Å². The van der Waals surface area contributed by atoms with Gasteiger partial charge in [0.1, 0.15) is 10.9 Å². The van der Waals surface area contributed by atoms with Crippen molar-refractivity contribution in [3.05, 3.63) is 51.7 Å². The zero-order chi connectivity index (χ0) is 15.2. The van der Waals surface area contributed by atoms with Crippen molar-refractivity contribution < 1.29 is 9.53 Å². The number of pyridine rings is 1. The Morgan fingerprint density at radius 1 is 1.43 bits per heavy atom. The molecule has 21 heavy (non-hydrogen) atoms. The number of benzene rings is 1. The number of carbonyl (C=O) groups is 1. The van der Waals surface area contributed by atoms with Gasteiger partial charge in [-0.2, -0.15) is 0 Å². The second-order valence-corrected chi connectivity index (χ2v) is 5.67. The highest BCUT2D eigenvalue weighted by Gasteiger charge is 2.06. The molecule has 0 aliphatic rings. The maximum atomic E-state index is 11.8. The zero-order valence-corrected chi connectivity index (χ0v) is 13.7. The molecule has 0 fully saturated rings. The highest BCUT2D eigenvalue weighted by atomic mass is 79.9. The Bertz CT molecular complexity index is 649. The molecule has 1 amide bonds. The van der Waals surface area contributed by atoms with E-state index < -0.39 is 0 Å². The average molecular weight is 370 g/mol. The van der Waals surface area contributed by atoms with Gasteiger partial charge in [0.05, 0.1) is 29.4 Å². The Morgan fingerprint density at radius 2 is 2.24 bits per heavy atom. The van der Waals surface area contributed by atoms with Gasteiger partial charge in [-0.1, -0.05) is 23.7 Å². The van der Waals surface area contributed by atoms with Gasteiger partial charge in [0.15, 0.2) is 0 Å². The van der Waals surface area contributed by atoms with Gasteiger partial charge in [0, 0.05) is 0 Å². The highest BCUT2D eigenvalue weighted by molar-refractivity contribution is 9.10. The molecule has 0 aliphatic heterocycles. The Hall–Kier alpha value is -1.59. The summed E-state index contributed by atoms with van der Waals surface area (Å²) in [5.41, 5.74) is 1.71. The van der Waals surface area contributed by atoms with Crippen molar-refractivity contribution in [3.63, 3.8) is 0 Å². The zero-order valence-electron chi connectivity index (χ0n) is 11.4. The molecular weight excluding hydrogens is 356 g/mol. The van der Waals surface area contributed by atoms with E-state index in [9.17, 15) is 4.79 Å². The lowest BCUT2D eigenvalue weighted by Crippen LogP contribution is -2.15. The van der Waals surface area contributed by atoms with Crippen LogP contribution in [-0.4, -0.2) is 17.5 Å². The van der Waals surface area contributed by atoms with Gasteiger partial charge >= 0.3 is 0 Å². The van der Waals surface area contributed by atoms with Gasteiger partial charge in [-0.25, -0.2) is 4.98 Å². The molecule has 110 valence electrons. The summed E-state index contributed by atoms with van der Waals surface area (Å²) in [5.74, 6) is 0.623. The lowest BCUT2D eigenvalue weighted by Gasteiger charge is -2.08. The molecule has 0 saturated carbocycles. The number of aryl methyl sites for hydroxylation is 1. The Morgan fingerprint density at radius 3 is 2.95 bits per heavy atom. The molecular formula is C15H14BrClN2O2. The summed E-state index contributed by atoms with van der Waals surface area (Å²) in [4.78, 5) is 15.7. The summed E-state index contributed by atoms with van der Waals surface area (Å²) in [6, 6.07) is 9.41. The summed E-state index contributed by atoms with van der Waals surface area (Å²) < 4.78 is 6.17. The van der Waals surface area contributed by atoms with Gasteiger partial charge < -0.3 is 10.1 Å². The Kier molecular flexibility index (Phi) is 5.59. The molecule has 0 radical (unpaired) electrons. The fourth-order valence-electron chi connectivity index (χ4n) is 1.68. The first kappa shape index (κ1) is 15.8. The lowest BCUT2D eigenvalue weighted by molar-refractivity contribution is -0.116. The topological polar surface area (TPSA) is 51.2 Å². The van der Waals surface area contributed by atoms with Crippen LogP contribution in [0.15, 0.2) is 41.0 Å². The number of nitrogens with zero attached hydrogens (tertiary/aromatic N) is 1. The fourth-order valence-corrected chi connectivity index (χ4v) is 2.13. The molecule has 0 spiro atoms. The van der Waals surface area contributed by atoms with Crippen molar-refractivity contribution in [3.8, 4) is 5.75 Å². The molecule has 1 aromatic heterocycles. The van der Waals surface area contributed by atoms with Gasteiger partial charge in [0.2, 0.25) is 5.91 Å². The minimum absolute atomic E-state index is 0.140. The normalized spacial score (nSPS) is 10.2. The van der Waals surface area contributed by atoms with E-state index in [0.29, 0.717) is 21.9 Å². The second-order valence-electron chi connectivity index (χ2n) is 4.46. The first-order valence-electron chi connectivity index (χ1n) is 6.35. The molecule has 1 heterocycles. The standard InChI is InChI=1S/C15H14BrClN2O2/c1-10-3-2-4-12(7-10)21-6-5-14(20)19-11-8-13(16)15(17)18-9-11/h2-4,7-9H,5-6H2,1H3,(H,19,20). The van der Waals surface area contributed by atoms with Crippen LogP contribution in [-0.2, 0) is 4.79 Å². The predicted molar refractivity (Wildman–Crippen MR) is 86.9 cm³/mol. The number of rotatable bonds is 5. The molecule has 2 rings (SSSR count). The predicted octanol–water partition coefficient (Wildman–Crippen LogP) is 4.21. The van der Waals surface area contributed by atoms with Crippen molar-refractivity contribution in [2.45, 2.75) is 13.3 Å². The van der Waals surface area contributed by atoms with Crippen molar-refractivity contribution >= 4 is 39.1 Å². The van der Waals surface area contributed by atoms with Crippen molar-refractivity contribution in [1.29, 1.82) is 0 Å². The van der Waals surface area contributed by atoms with Crippen LogP contribution < -0.4 is 10.1 Å². The molecule has 6 heteroatoms. The third-order valence-electron chi connectivity index (χ3n) is 2.67. The van der Waals surface area contributed by atoms with Crippen LogP contribution in [0.2, 0.25) is 5.15 Å². The summed E-state index contributed by atoms with van der Waals surface area (Å²) in [6.07, 6.45) is 1.76. The maximum Gasteiger partial charge on any atom is 0.227 e. The van der Waals surface area contributed by atoms with E-state index in [0.717, 1.165) is 11.3 Å². The summed E-state index contributed by atoms with van der Waals surface area (Å²) in [7, 11) is 0. The highest BCUT2D eigenvalue weighted by Crippen LogP contribution is 2.22. The number of aromatic nitrogens is 1. The Balaban J connectivity index is 1.81. The summed E-state index contributed by atoms with van der Waals surface area (Å²) in [5, 5.41) is 3.09. The average Bonchev–Trinajstić information content (AvgIpc) is 2.43. The van der Waals surface area contributed by atoms with Crippen LogP contribution in [0.4, 0.5) is 5.69 Å². The van der Waals surface area contributed by atoms with Crippen LogP contribution in [0.1, 0.15) is 12.0 Å². The first-order valence-corrected chi connectivity index (χ1v) is 7.52. The molecule has 0 bridgehead atoms. The summed E-state index contributed by atoms with van der Waals surface area (Å²) in [6.45, 7) is 2.31. The number of hydrogen-bond donors (Lipinski definition) is 1. The largest absolute Gasteiger partial charge is 0.493 e. The van der Waals surface area contributed by atoms with Crippen LogP contribution in [0.3, 0.4) is 0 Å². The van der Waals surface area contributed by atoms with Crippen molar-refractivity contribution in [2.24, 2.45) is 0 Å². The molecule has 1 N–H and O–H groups in total. The van der Waals surface area contributed by atoms with Gasteiger partial charge in [-0.05, 0) is 46.6 Å². The number of carbonyl (C=O) groups excluding carboxylic acids is 1. The van der Waals surface area contributed by atoms with E-state index in [1.165, 1.54) is 6.20 Å². The number of hydrogen-bond acceptors (Lipinski definition) is 3.